The molecule has 0 amide bonds. The van der Waals surface area contributed by atoms with Crippen molar-refractivity contribution in [2.24, 2.45) is 0 Å². The highest BCUT2D eigenvalue weighted by Gasteiger charge is 2.18. The monoisotopic (exact) mass is 368 g/mol. The molecule has 4 nitrogen and oxygen atoms in total. The summed E-state index contributed by atoms with van der Waals surface area (Å²) in [6.07, 6.45) is -0.0722. The van der Waals surface area contributed by atoms with Crippen molar-refractivity contribution in [2.45, 2.75) is 17.1 Å². The van der Waals surface area contributed by atoms with E-state index in [0.717, 1.165) is 0 Å². The number of sulfone groups is 1. The van der Waals surface area contributed by atoms with Gasteiger partial charge < -0.3 is 5.11 Å². The van der Waals surface area contributed by atoms with E-state index in [-0.39, 0.29) is 17.1 Å². The smallest absolute Gasteiger partial charge is 0.307 e. The quantitative estimate of drug-likeness (QED) is 0.880. The minimum absolute atomic E-state index is 0.0722. The highest BCUT2D eigenvalue weighted by molar-refractivity contribution is 9.10. The van der Waals surface area contributed by atoms with E-state index in [1.807, 2.05) is 0 Å². The number of rotatable bonds is 5. The van der Waals surface area contributed by atoms with E-state index in [2.05, 4.69) is 15.9 Å². The molecule has 1 N–H and O–H groups in total. The average molecular weight is 369 g/mol. The molecule has 0 bridgehead atoms. The van der Waals surface area contributed by atoms with E-state index in [4.69, 9.17) is 5.11 Å². The van der Waals surface area contributed by atoms with Gasteiger partial charge >= 0.3 is 5.97 Å². The third-order valence-corrected chi connectivity index (χ3v) is 5.60. The lowest BCUT2D eigenvalue weighted by Crippen LogP contribution is -2.06. The maximum atomic E-state index is 12.4. The second kappa shape index (κ2) is 6.41. The molecule has 0 aliphatic rings. The van der Waals surface area contributed by atoms with Crippen LogP contribution in [0.4, 0.5) is 0 Å². The second-order valence-electron chi connectivity index (χ2n) is 4.58. The maximum Gasteiger partial charge on any atom is 0.307 e. The van der Waals surface area contributed by atoms with E-state index in [9.17, 15) is 13.2 Å². The number of carbonyl (C=O) groups is 1. The van der Waals surface area contributed by atoms with Gasteiger partial charge in [0.15, 0.2) is 9.84 Å². The fourth-order valence-electron chi connectivity index (χ4n) is 1.92. The van der Waals surface area contributed by atoms with Gasteiger partial charge in [0.2, 0.25) is 0 Å². The molecule has 2 aromatic carbocycles. The Labute approximate surface area is 131 Å². The van der Waals surface area contributed by atoms with Crippen LogP contribution in [0.3, 0.4) is 0 Å². The zero-order valence-corrected chi connectivity index (χ0v) is 13.4. The lowest BCUT2D eigenvalue weighted by molar-refractivity contribution is -0.136. The third kappa shape index (κ3) is 4.15. The van der Waals surface area contributed by atoms with Crippen LogP contribution >= 0.6 is 15.9 Å². The molecule has 0 unspecified atom stereocenters. The van der Waals surface area contributed by atoms with Crippen LogP contribution in [0.15, 0.2) is 57.9 Å². The minimum atomic E-state index is -3.44. The van der Waals surface area contributed by atoms with E-state index >= 15 is 0 Å². The van der Waals surface area contributed by atoms with Crippen molar-refractivity contribution < 1.29 is 18.3 Å². The van der Waals surface area contributed by atoms with Gasteiger partial charge in [-0.2, -0.15) is 0 Å². The first-order valence-corrected chi connectivity index (χ1v) is 8.60. The van der Waals surface area contributed by atoms with Gasteiger partial charge in [0.25, 0.3) is 0 Å². The summed E-state index contributed by atoms with van der Waals surface area (Å²) in [6, 6.07) is 13.2. The molecule has 0 radical (unpaired) electrons. The van der Waals surface area contributed by atoms with Gasteiger partial charge in [0.05, 0.1) is 17.1 Å². The average Bonchev–Trinajstić information content (AvgIpc) is 2.40. The summed E-state index contributed by atoms with van der Waals surface area (Å²) in [5.41, 5.74) is 1.27. The fraction of sp³-hybridized carbons (Fsp3) is 0.133. The van der Waals surface area contributed by atoms with Gasteiger partial charge in [-0.05, 0) is 39.2 Å². The summed E-state index contributed by atoms with van der Waals surface area (Å²) >= 11 is 3.24. The Kier molecular flexibility index (Phi) is 4.80. The van der Waals surface area contributed by atoms with Crippen LogP contribution in [-0.4, -0.2) is 19.5 Å². The molecule has 0 heterocycles. The number of hydrogen-bond acceptors (Lipinski definition) is 3. The lowest BCUT2D eigenvalue weighted by atomic mass is 10.1. The Bertz CT molecular complexity index is 751. The van der Waals surface area contributed by atoms with Gasteiger partial charge in [-0.15, -0.1) is 0 Å². The number of benzene rings is 2. The summed E-state index contributed by atoms with van der Waals surface area (Å²) in [4.78, 5) is 10.9. The molecular formula is C15H13BrO4S. The summed E-state index contributed by atoms with van der Waals surface area (Å²) in [5, 5.41) is 8.70. The molecule has 2 rings (SSSR count). The zero-order valence-electron chi connectivity index (χ0n) is 11.0. The number of carboxylic acid groups (broad SMARTS) is 1. The maximum absolute atomic E-state index is 12.4. The molecule has 21 heavy (non-hydrogen) atoms. The first-order valence-electron chi connectivity index (χ1n) is 6.15. The van der Waals surface area contributed by atoms with Crippen molar-refractivity contribution in [3.05, 3.63) is 64.1 Å². The third-order valence-electron chi connectivity index (χ3n) is 2.91. The largest absolute Gasteiger partial charge is 0.481 e. The van der Waals surface area contributed by atoms with E-state index in [0.29, 0.717) is 15.6 Å². The molecule has 0 saturated heterocycles. The van der Waals surface area contributed by atoms with Crippen LogP contribution in [-0.2, 0) is 26.8 Å². The fourth-order valence-corrected chi connectivity index (χ4v) is 4.38. The second-order valence-corrected chi connectivity index (χ2v) is 7.39. The Hall–Kier alpha value is -1.66. The van der Waals surface area contributed by atoms with Crippen LogP contribution in [0.25, 0.3) is 0 Å². The number of halogens is 1. The molecule has 0 saturated carbocycles. The normalized spacial score (nSPS) is 11.3. The first kappa shape index (κ1) is 15.7. The van der Waals surface area contributed by atoms with Gasteiger partial charge in [-0.25, -0.2) is 8.42 Å². The highest BCUT2D eigenvalue weighted by atomic mass is 79.9. The number of carboxylic acids is 1. The van der Waals surface area contributed by atoms with Crippen molar-refractivity contribution in [1.82, 2.24) is 0 Å². The molecule has 6 heteroatoms. The zero-order chi connectivity index (χ0) is 15.5. The molecular weight excluding hydrogens is 356 g/mol. The Balaban J connectivity index is 2.21. The number of hydrogen-bond donors (Lipinski definition) is 1. The van der Waals surface area contributed by atoms with Crippen LogP contribution in [0, 0.1) is 0 Å². The number of aliphatic carboxylic acids is 1. The van der Waals surface area contributed by atoms with Gasteiger partial charge in [-0.1, -0.05) is 36.4 Å². The molecule has 0 aliphatic carbocycles. The van der Waals surface area contributed by atoms with Gasteiger partial charge in [0, 0.05) is 4.47 Å². The molecule has 0 aromatic heterocycles. The minimum Gasteiger partial charge on any atom is -0.481 e. The summed E-state index contributed by atoms with van der Waals surface area (Å²) in [7, 11) is -3.44. The van der Waals surface area contributed by atoms with E-state index in [1.54, 1.807) is 48.5 Å². The highest BCUT2D eigenvalue weighted by Crippen LogP contribution is 2.24. The van der Waals surface area contributed by atoms with Crippen LogP contribution < -0.4 is 0 Å². The van der Waals surface area contributed by atoms with Crippen molar-refractivity contribution >= 4 is 31.7 Å². The van der Waals surface area contributed by atoms with Crippen molar-refractivity contribution in [2.75, 3.05) is 0 Å². The summed E-state index contributed by atoms with van der Waals surface area (Å²) in [6.45, 7) is 0. The summed E-state index contributed by atoms with van der Waals surface area (Å²) in [5.74, 6) is -1.04. The molecule has 0 atom stereocenters. The van der Waals surface area contributed by atoms with Crippen LogP contribution in [0.2, 0.25) is 0 Å². The van der Waals surface area contributed by atoms with Gasteiger partial charge in [0.1, 0.15) is 0 Å². The van der Waals surface area contributed by atoms with E-state index in [1.165, 1.54) is 0 Å². The van der Waals surface area contributed by atoms with Crippen molar-refractivity contribution in [3.8, 4) is 0 Å². The molecule has 2 aromatic rings. The molecule has 110 valence electrons. The topological polar surface area (TPSA) is 71.4 Å². The lowest BCUT2D eigenvalue weighted by Gasteiger charge is -2.07. The standard InChI is InChI=1S/C15H13BrO4S/c16-13-3-1-2-4-14(13)21(19,20)10-12-7-5-11(6-8-12)9-15(17)18/h1-8H,9-10H2,(H,17,18). The van der Waals surface area contributed by atoms with Gasteiger partial charge in [-0.3, -0.25) is 4.79 Å². The van der Waals surface area contributed by atoms with Crippen LogP contribution in [0.1, 0.15) is 11.1 Å². The van der Waals surface area contributed by atoms with E-state index < -0.39 is 15.8 Å². The predicted octanol–water partition coefficient (Wildman–Crippen LogP) is 3.05. The Morgan fingerprint density at radius 2 is 1.57 bits per heavy atom. The Morgan fingerprint density at radius 1 is 1.00 bits per heavy atom. The molecule has 0 spiro atoms. The molecule has 0 fully saturated rings. The Morgan fingerprint density at radius 3 is 2.14 bits per heavy atom. The predicted molar refractivity (Wildman–Crippen MR) is 82.8 cm³/mol. The SMILES string of the molecule is O=C(O)Cc1ccc(CS(=O)(=O)c2ccccc2Br)cc1. The van der Waals surface area contributed by atoms with Crippen LogP contribution in [0.5, 0.6) is 0 Å². The molecule has 0 aliphatic heterocycles. The van der Waals surface area contributed by atoms with Crippen molar-refractivity contribution in [3.63, 3.8) is 0 Å². The van der Waals surface area contributed by atoms with Crippen molar-refractivity contribution in [1.29, 1.82) is 0 Å². The summed E-state index contributed by atoms with van der Waals surface area (Å²) < 4.78 is 25.3. The first-order chi connectivity index (χ1) is 9.88.